The minimum Gasteiger partial charge on any atom is -0.328 e. The van der Waals surface area contributed by atoms with Gasteiger partial charge < -0.3 is 10.2 Å². The molecule has 4 nitrogen and oxygen atoms in total. The Labute approximate surface area is 147 Å². The number of hydrogen-bond acceptors (Lipinski definition) is 4. The predicted octanol–water partition coefficient (Wildman–Crippen LogP) is 3.17. The van der Waals surface area contributed by atoms with Crippen LogP contribution < -0.4 is 5.32 Å². The summed E-state index contributed by atoms with van der Waals surface area (Å²) in [5.74, 6) is 0.692. The van der Waals surface area contributed by atoms with Crippen molar-refractivity contribution in [2.75, 3.05) is 19.6 Å². The standard InChI is InChI=1S/C19H25N3OS/c1-13(2)11-20-12-18(23)22-9-7-17-15(8-10-24-17)19(22)16-6-4-5-14(3)21-16/h4-6,8,10,13,19-20H,7,9,11-12H2,1-3H3. The molecule has 0 fully saturated rings. The average molecular weight is 343 g/mol. The van der Waals surface area contributed by atoms with Gasteiger partial charge in [0.15, 0.2) is 0 Å². The zero-order valence-corrected chi connectivity index (χ0v) is 15.4. The van der Waals surface area contributed by atoms with Crippen LogP contribution in [0.25, 0.3) is 0 Å². The summed E-state index contributed by atoms with van der Waals surface area (Å²) in [5.41, 5.74) is 3.19. The topological polar surface area (TPSA) is 45.2 Å². The van der Waals surface area contributed by atoms with Crippen LogP contribution in [0.15, 0.2) is 29.6 Å². The Bertz CT molecular complexity index is 710. The number of rotatable bonds is 5. The van der Waals surface area contributed by atoms with Crippen LogP contribution in [0.1, 0.15) is 41.7 Å². The number of pyridine rings is 1. The molecule has 0 bridgehead atoms. The number of fused-ring (bicyclic) bond motifs is 1. The highest BCUT2D eigenvalue weighted by Crippen LogP contribution is 2.37. The normalized spacial score (nSPS) is 17.2. The van der Waals surface area contributed by atoms with Crippen molar-refractivity contribution in [2.45, 2.75) is 33.2 Å². The molecule has 1 aliphatic heterocycles. The SMILES string of the molecule is Cc1cccc(C2c3ccsc3CCN2C(=O)CNCC(C)C)n1. The minimum atomic E-state index is -0.0618. The molecule has 24 heavy (non-hydrogen) atoms. The van der Waals surface area contributed by atoms with Crippen molar-refractivity contribution < 1.29 is 4.79 Å². The number of aromatic nitrogens is 1. The molecule has 1 N–H and O–H groups in total. The molecule has 0 radical (unpaired) electrons. The zero-order chi connectivity index (χ0) is 17.1. The van der Waals surface area contributed by atoms with E-state index in [1.54, 1.807) is 11.3 Å². The maximum Gasteiger partial charge on any atom is 0.237 e. The lowest BCUT2D eigenvalue weighted by atomic mass is 9.96. The van der Waals surface area contributed by atoms with Gasteiger partial charge in [0.1, 0.15) is 6.04 Å². The van der Waals surface area contributed by atoms with Gasteiger partial charge in [0.05, 0.1) is 12.2 Å². The predicted molar refractivity (Wildman–Crippen MR) is 98.3 cm³/mol. The van der Waals surface area contributed by atoms with Crippen LogP contribution in [0.3, 0.4) is 0 Å². The van der Waals surface area contributed by atoms with E-state index in [1.165, 1.54) is 10.4 Å². The van der Waals surface area contributed by atoms with Gasteiger partial charge in [-0.3, -0.25) is 9.78 Å². The van der Waals surface area contributed by atoms with Gasteiger partial charge in [-0.2, -0.15) is 0 Å². The van der Waals surface area contributed by atoms with Crippen molar-refractivity contribution in [3.63, 3.8) is 0 Å². The van der Waals surface area contributed by atoms with E-state index in [-0.39, 0.29) is 11.9 Å². The fourth-order valence-electron chi connectivity index (χ4n) is 3.19. The molecule has 0 spiro atoms. The third-order valence-corrected chi connectivity index (χ3v) is 5.30. The second kappa shape index (κ2) is 7.45. The third-order valence-electron chi connectivity index (χ3n) is 4.31. The molecular weight excluding hydrogens is 318 g/mol. The lowest BCUT2D eigenvalue weighted by Gasteiger charge is -2.36. The van der Waals surface area contributed by atoms with Gasteiger partial charge in [0.2, 0.25) is 5.91 Å². The third kappa shape index (κ3) is 3.68. The highest BCUT2D eigenvalue weighted by Gasteiger charge is 2.33. The van der Waals surface area contributed by atoms with Gasteiger partial charge in [-0.05, 0) is 54.9 Å². The van der Waals surface area contributed by atoms with Crippen LogP contribution in [-0.4, -0.2) is 35.4 Å². The molecular formula is C19H25N3OS. The first-order valence-electron chi connectivity index (χ1n) is 8.56. The van der Waals surface area contributed by atoms with Crippen molar-refractivity contribution in [3.8, 4) is 0 Å². The van der Waals surface area contributed by atoms with E-state index in [2.05, 4.69) is 30.6 Å². The van der Waals surface area contributed by atoms with Crippen LogP contribution in [0.5, 0.6) is 0 Å². The van der Waals surface area contributed by atoms with Crippen LogP contribution >= 0.6 is 11.3 Å². The molecule has 1 aliphatic rings. The molecule has 0 aromatic carbocycles. The smallest absolute Gasteiger partial charge is 0.237 e. The second-order valence-electron chi connectivity index (χ2n) is 6.77. The first-order chi connectivity index (χ1) is 11.6. The maximum atomic E-state index is 12.8. The maximum absolute atomic E-state index is 12.8. The number of carbonyl (C=O) groups excluding carboxylic acids is 1. The lowest BCUT2D eigenvalue weighted by molar-refractivity contribution is -0.132. The number of carbonyl (C=O) groups is 1. The van der Waals surface area contributed by atoms with E-state index in [0.29, 0.717) is 12.5 Å². The number of aryl methyl sites for hydroxylation is 1. The Kier molecular flexibility index (Phi) is 5.31. The van der Waals surface area contributed by atoms with Crippen molar-refractivity contribution >= 4 is 17.2 Å². The summed E-state index contributed by atoms with van der Waals surface area (Å²) in [4.78, 5) is 20.9. The number of hydrogen-bond donors (Lipinski definition) is 1. The fourth-order valence-corrected chi connectivity index (χ4v) is 4.09. The van der Waals surface area contributed by atoms with E-state index < -0.39 is 0 Å². The van der Waals surface area contributed by atoms with Crippen LogP contribution in [0.4, 0.5) is 0 Å². The van der Waals surface area contributed by atoms with E-state index >= 15 is 0 Å². The lowest BCUT2D eigenvalue weighted by Crippen LogP contribution is -2.44. The van der Waals surface area contributed by atoms with Gasteiger partial charge in [-0.1, -0.05) is 19.9 Å². The molecule has 1 unspecified atom stereocenters. The second-order valence-corrected chi connectivity index (χ2v) is 7.77. The summed E-state index contributed by atoms with van der Waals surface area (Å²) in [5, 5.41) is 5.40. The molecule has 3 rings (SSSR count). The number of thiophene rings is 1. The van der Waals surface area contributed by atoms with Crippen LogP contribution in [-0.2, 0) is 11.2 Å². The highest BCUT2D eigenvalue weighted by atomic mass is 32.1. The zero-order valence-electron chi connectivity index (χ0n) is 14.6. The Balaban J connectivity index is 1.86. The Hall–Kier alpha value is -1.72. The Morgan fingerprint density at radius 2 is 2.25 bits per heavy atom. The van der Waals surface area contributed by atoms with Gasteiger partial charge in [0, 0.05) is 17.1 Å². The van der Waals surface area contributed by atoms with Crippen molar-refractivity contribution in [3.05, 3.63) is 51.5 Å². The molecule has 1 amide bonds. The van der Waals surface area contributed by atoms with E-state index in [0.717, 1.165) is 30.9 Å². The number of nitrogens with one attached hydrogen (secondary N) is 1. The number of nitrogens with zero attached hydrogens (tertiary/aromatic N) is 2. The summed E-state index contributed by atoms with van der Waals surface area (Å²) >= 11 is 1.78. The highest BCUT2D eigenvalue weighted by molar-refractivity contribution is 7.10. The summed E-state index contributed by atoms with van der Waals surface area (Å²) in [6, 6.07) is 8.14. The van der Waals surface area contributed by atoms with E-state index in [1.807, 2.05) is 30.0 Å². The monoisotopic (exact) mass is 343 g/mol. The Morgan fingerprint density at radius 1 is 1.42 bits per heavy atom. The summed E-state index contributed by atoms with van der Waals surface area (Å²) in [6.45, 7) is 8.30. The first-order valence-corrected chi connectivity index (χ1v) is 9.44. The van der Waals surface area contributed by atoms with Crippen LogP contribution in [0.2, 0.25) is 0 Å². The molecule has 5 heteroatoms. The van der Waals surface area contributed by atoms with Crippen molar-refractivity contribution in [1.82, 2.24) is 15.2 Å². The molecule has 3 heterocycles. The number of amides is 1. The molecule has 0 saturated carbocycles. The molecule has 1 atom stereocenters. The molecule has 2 aromatic heterocycles. The van der Waals surface area contributed by atoms with Crippen molar-refractivity contribution in [2.24, 2.45) is 5.92 Å². The van der Waals surface area contributed by atoms with Gasteiger partial charge in [-0.25, -0.2) is 0 Å². The molecule has 2 aromatic rings. The van der Waals surface area contributed by atoms with E-state index in [9.17, 15) is 4.79 Å². The van der Waals surface area contributed by atoms with E-state index in [4.69, 9.17) is 4.98 Å². The largest absolute Gasteiger partial charge is 0.328 e. The molecule has 128 valence electrons. The first kappa shape index (κ1) is 17.1. The quantitative estimate of drug-likeness (QED) is 0.907. The van der Waals surface area contributed by atoms with Crippen LogP contribution in [0, 0.1) is 12.8 Å². The van der Waals surface area contributed by atoms with Crippen molar-refractivity contribution in [1.29, 1.82) is 0 Å². The minimum absolute atomic E-state index is 0.0618. The molecule has 0 aliphatic carbocycles. The van der Waals surface area contributed by atoms with Gasteiger partial charge >= 0.3 is 0 Å². The fraction of sp³-hybridized carbons (Fsp3) is 0.474. The summed E-state index contributed by atoms with van der Waals surface area (Å²) in [6.07, 6.45) is 0.936. The molecule has 0 saturated heterocycles. The summed E-state index contributed by atoms with van der Waals surface area (Å²) < 4.78 is 0. The van der Waals surface area contributed by atoms with Gasteiger partial charge in [-0.15, -0.1) is 11.3 Å². The summed E-state index contributed by atoms with van der Waals surface area (Å²) in [7, 11) is 0. The average Bonchev–Trinajstić information content (AvgIpc) is 3.01. The van der Waals surface area contributed by atoms with Gasteiger partial charge in [0.25, 0.3) is 0 Å². The Morgan fingerprint density at radius 3 is 3.00 bits per heavy atom.